The van der Waals surface area contributed by atoms with Gasteiger partial charge in [0.25, 0.3) is 0 Å². The quantitative estimate of drug-likeness (QED) is 0.760. The van der Waals surface area contributed by atoms with Gasteiger partial charge in [-0.05, 0) is 73.8 Å². The molecular weight excluding hydrogens is 377 g/mol. The lowest BCUT2D eigenvalue weighted by Crippen LogP contribution is -2.13. The monoisotopic (exact) mass is 410 g/mol. The first-order valence-corrected chi connectivity index (χ1v) is 9.55. The van der Waals surface area contributed by atoms with Crippen LogP contribution in [0.15, 0.2) is 36.4 Å². The summed E-state index contributed by atoms with van der Waals surface area (Å²) in [6.07, 6.45) is -2.89. The number of hydrogen-bond donors (Lipinski definition) is 2. The van der Waals surface area contributed by atoms with Crippen molar-refractivity contribution >= 4 is 11.4 Å². The summed E-state index contributed by atoms with van der Waals surface area (Å²) < 4.78 is 37.8. The average molecular weight is 411 g/mol. The summed E-state index contributed by atoms with van der Waals surface area (Å²) in [6, 6.07) is 10.5. The van der Waals surface area contributed by atoms with Gasteiger partial charge in [0, 0.05) is 39.6 Å². The summed E-state index contributed by atoms with van der Waals surface area (Å²) in [4.78, 5) is 3.77. The van der Waals surface area contributed by atoms with E-state index in [9.17, 15) is 13.2 Å². The molecule has 0 atom stereocenters. The zero-order valence-electron chi connectivity index (χ0n) is 18.0. The molecule has 0 aliphatic rings. The Bertz CT molecular complexity index is 771. The first kappa shape index (κ1) is 24.8. The van der Waals surface area contributed by atoms with Crippen molar-refractivity contribution in [1.29, 1.82) is 0 Å². The van der Waals surface area contributed by atoms with E-state index in [1.165, 1.54) is 16.8 Å². The second-order valence-corrected chi connectivity index (χ2v) is 7.37. The maximum atomic E-state index is 12.6. The molecule has 2 aromatic rings. The van der Waals surface area contributed by atoms with Crippen LogP contribution in [0.5, 0.6) is 0 Å². The van der Waals surface area contributed by atoms with Gasteiger partial charge < -0.3 is 21.3 Å². The van der Waals surface area contributed by atoms with Gasteiger partial charge in [0.2, 0.25) is 0 Å². The van der Waals surface area contributed by atoms with Gasteiger partial charge in [0.15, 0.2) is 0 Å². The number of nitrogens with zero attached hydrogens (tertiary/aromatic N) is 2. The van der Waals surface area contributed by atoms with Gasteiger partial charge in [0.1, 0.15) is 0 Å². The Balaban J connectivity index is 0.000000296. The molecule has 0 aromatic heterocycles. The number of halogens is 3. The van der Waals surface area contributed by atoms with Crippen LogP contribution in [0, 0.1) is 6.92 Å². The fraction of sp³-hybridized carbons (Fsp3) is 0.455. The lowest BCUT2D eigenvalue weighted by atomic mass is 10.1. The largest absolute Gasteiger partial charge is 0.416 e. The second-order valence-electron chi connectivity index (χ2n) is 7.37. The second kappa shape index (κ2) is 11.1. The van der Waals surface area contributed by atoms with Gasteiger partial charge in [-0.25, -0.2) is 0 Å². The van der Waals surface area contributed by atoms with Crippen LogP contribution in [0.2, 0.25) is 0 Å². The van der Waals surface area contributed by atoms with Crippen LogP contribution < -0.4 is 21.3 Å². The third-order valence-corrected chi connectivity index (χ3v) is 4.43. The number of aryl methyl sites for hydroxylation is 1. The van der Waals surface area contributed by atoms with Gasteiger partial charge in [-0.1, -0.05) is 12.1 Å². The summed E-state index contributed by atoms with van der Waals surface area (Å²) in [5.74, 6) is 0. The fourth-order valence-electron chi connectivity index (χ4n) is 2.95. The molecule has 0 radical (unpaired) electrons. The summed E-state index contributed by atoms with van der Waals surface area (Å²) in [7, 11) is 7.54. The van der Waals surface area contributed by atoms with Crippen molar-refractivity contribution in [3.63, 3.8) is 0 Å². The molecule has 0 aliphatic heterocycles. The standard InChI is InChI=1S/C11H15F3N2.C11H18N2/c1-16(2)10-6-8(3-4-15)5-9(7-10)11(12,13)14;1-9-8-10(6-7-12)4-5-11(9)13(2)3/h5-7H,3-4,15H2,1-2H3;4-5,8H,6-7,12H2,1-3H3. The normalized spacial score (nSPS) is 11.0. The highest BCUT2D eigenvalue weighted by Crippen LogP contribution is 2.32. The number of rotatable bonds is 6. The SMILES string of the molecule is CN(C)c1cc(CCN)cc(C(F)(F)F)c1.Cc1cc(CCN)ccc1N(C)C. The van der Waals surface area contributed by atoms with Crippen molar-refractivity contribution in [3.8, 4) is 0 Å². The lowest BCUT2D eigenvalue weighted by Gasteiger charge is -2.17. The molecule has 7 heteroatoms. The van der Waals surface area contributed by atoms with Crippen molar-refractivity contribution in [2.24, 2.45) is 11.5 Å². The van der Waals surface area contributed by atoms with Crippen LogP contribution in [0.1, 0.15) is 22.3 Å². The zero-order valence-corrected chi connectivity index (χ0v) is 18.0. The Kier molecular flexibility index (Phi) is 9.46. The molecule has 0 amide bonds. The van der Waals surface area contributed by atoms with Crippen LogP contribution in [0.25, 0.3) is 0 Å². The number of anilines is 2. The first-order chi connectivity index (χ1) is 13.5. The maximum Gasteiger partial charge on any atom is 0.416 e. The minimum Gasteiger partial charge on any atom is -0.378 e. The van der Waals surface area contributed by atoms with Crippen LogP contribution in [0.3, 0.4) is 0 Å². The highest BCUT2D eigenvalue weighted by Gasteiger charge is 2.31. The molecule has 2 rings (SSSR count). The molecule has 162 valence electrons. The number of benzene rings is 2. The van der Waals surface area contributed by atoms with E-state index >= 15 is 0 Å². The maximum absolute atomic E-state index is 12.6. The van der Waals surface area contributed by atoms with E-state index in [1.54, 1.807) is 25.1 Å². The summed E-state index contributed by atoms with van der Waals surface area (Å²) in [5, 5.41) is 0. The van der Waals surface area contributed by atoms with E-state index in [4.69, 9.17) is 11.5 Å². The first-order valence-electron chi connectivity index (χ1n) is 9.55. The minimum atomic E-state index is -4.31. The molecule has 0 spiro atoms. The predicted octanol–water partition coefficient (Wildman–Crippen LogP) is 3.83. The smallest absolute Gasteiger partial charge is 0.378 e. The van der Waals surface area contributed by atoms with E-state index in [1.807, 2.05) is 0 Å². The number of alkyl halides is 3. The van der Waals surface area contributed by atoms with Gasteiger partial charge in [-0.2, -0.15) is 13.2 Å². The molecule has 0 bridgehead atoms. The van der Waals surface area contributed by atoms with Gasteiger partial charge in [-0.3, -0.25) is 0 Å². The van der Waals surface area contributed by atoms with Crippen molar-refractivity contribution < 1.29 is 13.2 Å². The van der Waals surface area contributed by atoms with Gasteiger partial charge in [-0.15, -0.1) is 0 Å². The van der Waals surface area contributed by atoms with E-state index in [2.05, 4.69) is 44.1 Å². The predicted molar refractivity (Wildman–Crippen MR) is 117 cm³/mol. The Morgan fingerprint density at radius 2 is 1.38 bits per heavy atom. The molecule has 0 fully saturated rings. The molecule has 0 saturated heterocycles. The van der Waals surface area contributed by atoms with Gasteiger partial charge >= 0.3 is 6.18 Å². The Morgan fingerprint density at radius 1 is 0.793 bits per heavy atom. The minimum absolute atomic E-state index is 0.341. The van der Waals surface area contributed by atoms with Crippen LogP contribution in [0.4, 0.5) is 24.5 Å². The van der Waals surface area contributed by atoms with Gasteiger partial charge in [0.05, 0.1) is 5.56 Å². The molecule has 4 nitrogen and oxygen atoms in total. The molecule has 4 N–H and O–H groups in total. The fourth-order valence-corrected chi connectivity index (χ4v) is 2.95. The van der Waals surface area contributed by atoms with Crippen molar-refractivity contribution in [2.45, 2.75) is 25.9 Å². The van der Waals surface area contributed by atoms with Crippen LogP contribution in [-0.4, -0.2) is 41.3 Å². The highest BCUT2D eigenvalue weighted by atomic mass is 19.4. The van der Waals surface area contributed by atoms with Crippen molar-refractivity contribution in [2.75, 3.05) is 51.1 Å². The topological polar surface area (TPSA) is 58.5 Å². The molecule has 2 aromatic carbocycles. The number of nitrogens with two attached hydrogens (primary N) is 2. The Morgan fingerprint density at radius 3 is 1.83 bits per heavy atom. The Labute approximate surface area is 172 Å². The third-order valence-electron chi connectivity index (χ3n) is 4.43. The van der Waals surface area contributed by atoms with E-state index in [0.29, 0.717) is 24.2 Å². The average Bonchev–Trinajstić information content (AvgIpc) is 2.61. The molecule has 29 heavy (non-hydrogen) atoms. The molecule has 0 unspecified atom stereocenters. The Hall–Kier alpha value is -2.25. The van der Waals surface area contributed by atoms with E-state index < -0.39 is 11.7 Å². The summed E-state index contributed by atoms with van der Waals surface area (Å²) in [6.45, 7) is 3.20. The molecule has 0 aliphatic carbocycles. The summed E-state index contributed by atoms with van der Waals surface area (Å²) in [5.41, 5.74) is 15.3. The zero-order chi connectivity index (χ0) is 22.2. The lowest BCUT2D eigenvalue weighted by molar-refractivity contribution is -0.137. The van der Waals surface area contributed by atoms with Crippen molar-refractivity contribution in [1.82, 2.24) is 0 Å². The van der Waals surface area contributed by atoms with E-state index in [0.717, 1.165) is 25.1 Å². The van der Waals surface area contributed by atoms with Crippen LogP contribution >= 0.6 is 0 Å². The molecule has 0 saturated carbocycles. The highest BCUT2D eigenvalue weighted by molar-refractivity contribution is 5.53. The third kappa shape index (κ3) is 7.95. The molecule has 0 heterocycles. The summed E-state index contributed by atoms with van der Waals surface area (Å²) >= 11 is 0. The number of hydrogen-bond acceptors (Lipinski definition) is 4. The van der Waals surface area contributed by atoms with Crippen molar-refractivity contribution in [3.05, 3.63) is 58.7 Å². The van der Waals surface area contributed by atoms with Crippen LogP contribution in [-0.2, 0) is 19.0 Å². The van der Waals surface area contributed by atoms with E-state index in [-0.39, 0.29) is 0 Å². The molecular formula is C22H33F3N4.